The predicted octanol–water partition coefficient (Wildman–Crippen LogP) is 6.53. The summed E-state index contributed by atoms with van der Waals surface area (Å²) in [7, 11) is 0. The van der Waals surface area contributed by atoms with Gasteiger partial charge in [0.05, 0.1) is 11.5 Å². The first-order chi connectivity index (χ1) is 17.0. The Labute approximate surface area is 222 Å². The molecule has 4 rings (SSSR count). The fourth-order valence-corrected chi connectivity index (χ4v) is 5.09. The SMILES string of the molecule is CCOC(=O)C(c1ccccc1)N1C(=O)/C(=C\c2ccc(OCc3ccc(Br)cc3)cc2)SC1=S. The van der Waals surface area contributed by atoms with Gasteiger partial charge in [0.1, 0.15) is 16.7 Å². The van der Waals surface area contributed by atoms with Crippen LogP contribution in [0.1, 0.15) is 29.7 Å². The molecule has 1 heterocycles. The van der Waals surface area contributed by atoms with E-state index in [1.54, 1.807) is 25.1 Å². The van der Waals surface area contributed by atoms with Gasteiger partial charge in [0.25, 0.3) is 5.91 Å². The molecule has 3 aromatic carbocycles. The summed E-state index contributed by atoms with van der Waals surface area (Å²) in [6.07, 6.45) is 1.77. The third kappa shape index (κ3) is 6.20. The predicted molar refractivity (Wildman–Crippen MR) is 146 cm³/mol. The van der Waals surface area contributed by atoms with Crippen LogP contribution in [0.5, 0.6) is 5.75 Å². The second-order valence-electron chi connectivity index (χ2n) is 7.60. The number of esters is 1. The van der Waals surface area contributed by atoms with Crippen molar-refractivity contribution in [1.29, 1.82) is 0 Å². The zero-order chi connectivity index (χ0) is 24.8. The molecule has 0 bridgehead atoms. The summed E-state index contributed by atoms with van der Waals surface area (Å²) >= 11 is 10.1. The number of thiocarbonyl (C=S) groups is 1. The molecular weight excluding hydrogens is 546 g/mol. The van der Waals surface area contributed by atoms with E-state index in [-0.39, 0.29) is 12.5 Å². The number of rotatable bonds is 8. The van der Waals surface area contributed by atoms with Crippen molar-refractivity contribution in [2.45, 2.75) is 19.6 Å². The summed E-state index contributed by atoms with van der Waals surface area (Å²) in [4.78, 5) is 27.9. The van der Waals surface area contributed by atoms with E-state index >= 15 is 0 Å². The molecule has 1 fully saturated rings. The summed E-state index contributed by atoms with van der Waals surface area (Å²) in [6, 6.07) is 23.6. The average Bonchev–Trinajstić information content (AvgIpc) is 3.13. The van der Waals surface area contributed by atoms with Gasteiger partial charge in [-0.25, -0.2) is 4.79 Å². The van der Waals surface area contributed by atoms with E-state index in [0.717, 1.165) is 21.3 Å². The van der Waals surface area contributed by atoms with Crippen molar-refractivity contribution in [3.8, 4) is 5.75 Å². The molecule has 1 aliphatic heterocycles. The number of carbonyl (C=O) groups is 2. The highest BCUT2D eigenvalue weighted by Crippen LogP contribution is 2.39. The van der Waals surface area contributed by atoms with Gasteiger partial charge in [-0.3, -0.25) is 9.69 Å². The van der Waals surface area contributed by atoms with Crippen molar-refractivity contribution in [2.24, 2.45) is 0 Å². The molecule has 0 aliphatic carbocycles. The quantitative estimate of drug-likeness (QED) is 0.175. The number of amides is 1. The van der Waals surface area contributed by atoms with Crippen LogP contribution in [0.25, 0.3) is 6.08 Å². The number of benzene rings is 3. The standard InChI is InChI=1S/C27H22BrNO4S2/c1-2-32-26(31)24(20-6-4-3-5-7-20)29-25(30)23(35-27(29)34)16-18-10-14-22(15-11-18)33-17-19-8-12-21(28)13-9-19/h3-16,24H,2,17H2,1H3/b23-16+. The van der Waals surface area contributed by atoms with E-state index in [9.17, 15) is 9.59 Å². The van der Waals surface area contributed by atoms with E-state index in [1.165, 1.54) is 16.7 Å². The number of halogens is 1. The van der Waals surface area contributed by atoms with Crippen molar-refractivity contribution in [3.63, 3.8) is 0 Å². The Bertz CT molecular complexity index is 1240. The fraction of sp³-hybridized carbons (Fsp3) is 0.148. The van der Waals surface area contributed by atoms with Crippen LogP contribution in [0.4, 0.5) is 0 Å². The first-order valence-electron chi connectivity index (χ1n) is 10.9. The lowest BCUT2D eigenvalue weighted by Crippen LogP contribution is -2.38. The summed E-state index contributed by atoms with van der Waals surface area (Å²) in [5, 5.41) is 0. The van der Waals surface area contributed by atoms with Crippen molar-refractivity contribution in [3.05, 3.63) is 105 Å². The molecule has 0 N–H and O–H groups in total. The minimum Gasteiger partial charge on any atom is -0.489 e. The van der Waals surface area contributed by atoms with Gasteiger partial charge in [0.15, 0.2) is 6.04 Å². The highest BCUT2D eigenvalue weighted by Gasteiger charge is 2.42. The molecule has 0 saturated carbocycles. The zero-order valence-corrected chi connectivity index (χ0v) is 22.1. The second-order valence-corrected chi connectivity index (χ2v) is 10.2. The largest absolute Gasteiger partial charge is 0.489 e. The monoisotopic (exact) mass is 567 g/mol. The molecule has 8 heteroatoms. The summed E-state index contributed by atoms with van der Waals surface area (Å²) < 4.78 is 12.4. The number of hydrogen-bond donors (Lipinski definition) is 0. The Hall–Kier alpha value is -2.94. The summed E-state index contributed by atoms with van der Waals surface area (Å²) in [5.41, 5.74) is 2.54. The molecule has 0 spiro atoms. The molecule has 1 amide bonds. The Kier molecular flexibility index (Phi) is 8.38. The fourth-order valence-electron chi connectivity index (χ4n) is 3.51. The van der Waals surface area contributed by atoms with Crippen molar-refractivity contribution >= 4 is 62.2 Å². The lowest BCUT2D eigenvalue weighted by atomic mass is 10.1. The molecule has 178 valence electrons. The Morgan fingerprint density at radius 3 is 2.40 bits per heavy atom. The van der Waals surface area contributed by atoms with Crippen LogP contribution in [0, 0.1) is 0 Å². The van der Waals surface area contributed by atoms with Crippen LogP contribution >= 0.6 is 39.9 Å². The van der Waals surface area contributed by atoms with Gasteiger partial charge in [-0.15, -0.1) is 0 Å². The average molecular weight is 569 g/mol. The summed E-state index contributed by atoms with van der Waals surface area (Å²) in [5.74, 6) is -0.106. The maximum absolute atomic E-state index is 13.3. The molecule has 35 heavy (non-hydrogen) atoms. The van der Waals surface area contributed by atoms with E-state index < -0.39 is 12.0 Å². The van der Waals surface area contributed by atoms with Crippen LogP contribution in [0.3, 0.4) is 0 Å². The van der Waals surface area contributed by atoms with E-state index in [4.69, 9.17) is 21.7 Å². The lowest BCUT2D eigenvalue weighted by Gasteiger charge is -2.25. The van der Waals surface area contributed by atoms with E-state index in [2.05, 4.69) is 15.9 Å². The highest BCUT2D eigenvalue weighted by molar-refractivity contribution is 9.10. The smallest absolute Gasteiger partial charge is 0.333 e. The second kappa shape index (κ2) is 11.7. The van der Waals surface area contributed by atoms with Gasteiger partial charge in [0, 0.05) is 4.47 Å². The first-order valence-corrected chi connectivity index (χ1v) is 12.9. The summed E-state index contributed by atoms with van der Waals surface area (Å²) in [6.45, 7) is 2.40. The van der Waals surface area contributed by atoms with Crippen molar-refractivity contribution < 1.29 is 19.1 Å². The van der Waals surface area contributed by atoms with Gasteiger partial charge >= 0.3 is 5.97 Å². The maximum atomic E-state index is 13.3. The van der Waals surface area contributed by atoms with Crippen molar-refractivity contribution in [2.75, 3.05) is 6.61 Å². The van der Waals surface area contributed by atoms with Gasteiger partial charge in [-0.2, -0.15) is 0 Å². The molecular formula is C27H22BrNO4S2. The van der Waals surface area contributed by atoms with Crippen LogP contribution in [-0.4, -0.2) is 27.7 Å². The van der Waals surface area contributed by atoms with Gasteiger partial charge in [-0.05, 0) is 54.0 Å². The number of thioether (sulfide) groups is 1. The minimum atomic E-state index is -0.927. The van der Waals surface area contributed by atoms with Crippen LogP contribution < -0.4 is 4.74 Å². The van der Waals surface area contributed by atoms with Gasteiger partial charge < -0.3 is 9.47 Å². The third-order valence-electron chi connectivity index (χ3n) is 5.20. The molecule has 1 aliphatic rings. The number of hydrogen-bond acceptors (Lipinski definition) is 6. The van der Waals surface area contributed by atoms with Crippen LogP contribution in [0.15, 0.2) is 88.2 Å². The molecule has 5 nitrogen and oxygen atoms in total. The van der Waals surface area contributed by atoms with Gasteiger partial charge in [-0.1, -0.05) is 94.5 Å². The molecule has 0 aromatic heterocycles. The number of ether oxygens (including phenoxy) is 2. The first kappa shape index (κ1) is 25.2. The molecule has 1 unspecified atom stereocenters. The molecule has 1 atom stereocenters. The Morgan fingerprint density at radius 2 is 1.74 bits per heavy atom. The minimum absolute atomic E-state index is 0.211. The third-order valence-corrected chi connectivity index (χ3v) is 7.06. The topological polar surface area (TPSA) is 55.8 Å². The van der Waals surface area contributed by atoms with Crippen LogP contribution in [-0.2, 0) is 20.9 Å². The van der Waals surface area contributed by atoms with E-state index in [1.807, 2.05) is 66.7 Å². The lowest BCUT2D eigenvalue weighted by molar-refractivity contribution is -0.151. The number of nitrogens with zero attached hydrogens (tertiary/aromatic N) is 1. The van der Waals surface area contributed by atoms with Crippen LogP contribution in [0.2, 0.25) is 0 Å². The normalized spacial score (nSPS) is 15.4. The number of carbonyl (C=O) groups excluding carboxylic acids is 2. The molecule has 3 aromatic rings. The van der Waals surface area contributed by atoms with Crippen molar-refractivity contribution in [1.82, 2.24) is 4.90 Å². The highest BCUT2D eigenvalue weighted by atomic mass is 79.9. The Balaban J connectivity index is 1.49. The maximum Gasteiger partial charge on any atom is 0.333 e. The van der Waals surface area contributed by atoms with E-state index in [0.29, 0.717) is 21.4 Å². The zero-order valence-electron chi connectivity index (χ0n) is 18.8. The van der Waals surface area contributed by atoms with Gasteiger partial charge in [0.2, 0.25) is 0 Å². The Morgan fingerprint density at radius 1 is 1.06 bits per heavy atom. The molecule has 0 radical (unpaired) electrons. The molecule has 1 saturated heterocycles.